The molecule has 1 N–H and O–H groups in total. The van der Waals surface area contributed by atoms with Crippen molar-refractivity contribution in [3.8, 4) is 11.5 Å². The van der Waals surface area contributed by atoms with E-state index in [2.05, 4.69) is 5.32 Å². The second kappa shape index (κ2) is 5.87. The second-order valence-corrected chi connectivity index (χ2v) is 6.93. The lowest BCUT2D eigenvalue weighted by Gasteiger charge is -2.21. The standard InChI is InChI=1S/C18H15Cl2NO3/c19-12-8-13(20)10-14(9-12)21-17(22)18(3-4-18)11-1-2-15-16(7-11)24-6-5-23-15/h1-2,7-10H,3-6H2,(H,21,22). The summed E-state index contributed by atoms with van der Waals surface area (Å²) in [5.41, 5.74) is 1.02. The number of carbonyl (C=O) groups excluding carboxylic acids is 1. The number of halogens is 2. The maximum absolute atomic E-state index is 12.8. The van der Waals surface area contributed by atoms with Crippen LogP contribution in [0.5, 0.6) is 11.5 Å². The Morgan fingerprint density at radius 1 is 0.958 bits per heavy atom. The van der Waals surface area contributed by atoms with Gasteiger partial charge in [0.1, 0.15) is 13.2 Å². The lowest BCUT2D eigenvalue weighted by atomic mass is 9.94. The van der Waals surface area contributed by atoms with Gasteiger partial charge in [0.2, 0.25) is 5.91 Å². The monoisotopic (exact) mass is 363 g/mol. The summed E-state index contributed by atoms with van der Waals surface area (Å²) < 4.78 is 11.2. The first-order chi connectivity index (χ1) is 11.6. The predicted molar refractivity (Wildman–Crippen MR) is 93.4 cm³/mol. The molecule has 0 unspecified atom stereocenters. The molecule has 1 aliphatic heterocycles. The van der Waals surface area contributed by atoms with Gasteiger partial charge in [0, 0.05) is 15.7 Å². The number of benzene rings is 2. The zero-order valence-corrected chi connectivity index (χ0v) is 14.3. The summed E-state index contributed by atoms with van der Waals surface area (Å²) in [5, 5.41) is 3.90. The average Bonchev–Trinajstić information content (AvgIpc) is 3.35. The Kier molecular flexibility index (Phi) is 3.82. The van der Waals surface area contributed by atoms with Crippen LogP contribution in [0, 0.1) is 0 Å². The van der Waals surface area contributed by atoms with Crippen LogP contribution >= 0.6 is 23.2 Å². The Balaban J connectivity index is 1.59. The zero-order chi connectivity index (χ0) is 16.7. The van der Waals surface area contributed by atoms with Crippen LogP contribution in [-0.2, 0) is 10.2 Å². The van der Waals surface area contributed by atoms with Gasteiger partial charge < -0.3 is 14.8 Å². The molecule has 6 heteroatoms. The SMILES string of the molecule is O=C(Nc1cc(Cl)cc(Cl)c1)C1(c2ccc3c(c2)OCCO3)CC1. The van der Waals surface area contributed by atoms with Gasteiger partial charge in [-0.3, -0.25) is 4.79 Å². The fourth-order valence-corrected chi connectivity index (χ4v) is 3.52. The van der Waals surface area contributed by atoms with Gasteiger partial charge in [0.05, 0.1) is 5.41 Å². The van der Waals surface area contributed by atoms with Crippen LogP contribution in [0.3, 0.4) is 0 Å². The van der Waals surface area contributed by atoms with Gasteiger partial charge in [-0.1, -0.05) is 29.3 Å². The minimum Gasteiger partial charge on any atom is -0.486 e. The fraction of sp³-hybridized carbons (Fsp3) is 0.278. The molecule has 1 fully saturated rings. The summed E-state index contributed by atoms with van der Waals surface area (Å²) in [4.78, 5) is 12.8. The molecule has 2 aliphatic rings. The van der Waals surface area contributed by atoms with Crippen LogP contribution in [0.4, 0.5) is 5.69 Å². The van der Waals surface area contributed by atoms with E-state index in [1.807, 2.05) is 18.2 Å². The molecule has 1 amide bonds. The molecule has 4 nitrogen and oxygen atoms in total. The maximum atomic E-state index is 12.8. The second-order valence-electron chi connectivity index (χ2n) is 6.05. The Bertz CT molecular complexity index is 798. The van der Waals surface area contributed by atoms with Gasteiger partial charge in [0.15, 0.2) is 11.5 Å². The van der Waals surface area contributed by atoms with E-state index in [-0.39, 0.29) is 5.91 Å². The highest BCUT2D eigenvalue weighted by atomic mass is 35.5. The molecule has 0 aromatic heterocycles. The third-order valence-corrected chi connectivity index (χ3v) is 4.84. The summed E-state index contributed by atoms with van der Waals surface area (Å²) in [6.45, 7) is 1.07. The number of rotatable bonds is 3. The van der Waals surface area contributed by atoms with Crippen LogP contribution < -0.4 is 14.8 Å². The van der Waals surface area contributed by atoms with Crippen molar-refractivity contribution in [2.24, 2.45) is 0 Å². The van der Waals surface area contributed by atoms with Gasteiger partial charge in [0.25, 0.3) is 0 Å². The zero-order valence-electron chi connectivity index (χ0n) is 12.8. The number of hydrogen-bond acceptors (Lipinski definition) is 3. The minimum absolute atomic E-state index is 0.0579. The minimum atomic E-state index is -0.523. The van der Waals surface area contributed by atoms with Crippen molar-refractivity contribution in [2.45, 2.75) is 18.3 Å². The van der Waals surface area contributed by atoms with Crippen molar-refractivity contribution < 1.29 is 14.3 Å². The molecule has 0 radical (unpaired) electrons. The number of carbonyl (C=O) groups is 1. The quantitative estimate of drug-likeness (QED) is 0.876. The summed E-state index contributed by atoms with van der Waals surface area (Å²) in [7, 11) is 0. The van der Waals surface area contributed by atoms with Gasteiger partial charge in [-0.15, -0.1) is 0 Å². The molecule has 0 saturated heterocycles. The Hall–Kier alpha value is -1.91. The topological polar surface area (TPSA) is 47.6 Å². The lowest BCUT2D eigenvalue weighted by molar-refractivity contribution is -0.118. The third-order valence-electron chi connectivity index (χ3n) is 4.40. The number of fused-ring (bicyclic) bond motifs is 1. The van der Waals surface area contributed by atoms with Crippen molar-refractivity contribution in [2.75, 3.05) is 18.5 Å². The maximum Gasteiger partial charge on any atom is 0.235 e. The number of anilines is 1. The fourth-order valence-electron chi connectivity index (χ4n) is 2.99. The van der Waals surface area contributed by atoms with Crippen molar-refractivity contribution in [3.63, 3.8) is 0 Å². The highest BCUT2D eigenvalue weighted by Crippen LogP contribution is 2.51. The van der Waals surface area contributed by atoms with Crippen molar-refractivity contribution >= 4 is 34.8 Å². The molecule has 0 atom stereocenters. The van der Waals surface area contributed by atoms with Gasteiger partial charge >= 0.3 is 0 Å². The molecule has 2 aromatic rings. The first-order valence-corrected chi connectivity index (χ1v) is 8.50. The van der Waals surface area contributed by atoms with Crippen LogP contribution in [0.1, 0.15) is 18.4 Å². The summed E-state index contributed by atoms with van der Waals surface area (Å²) in [6, 6.07) is 10.7. The highest BCUT2D eigenvalue weighted by molar-refractivity contribution is 6.35. The number of hydrogen-bond donors (Lipinski definition) is 1. The number of amides is 1. The number of nitrogens with one attached hydrogen (secondary N) is 1. The van der Waals surface area contributed by atoms with Crippen LogP contribution in [-0.4, -0.2) is 19.1 Å². The molecular weight excluding hydrogens is 349 g/mol. The summed E-state index contributed by atoms with van der Waals surface area (Å²) in [5.74, 6) is 1.36. The van der Waals surface area contributed by atoms with Crippen molar-refractivity contribution in [3.05, 3.63) is 52.0 Å². The van der Waals surface area contributed by atoms with Crippen LogP contribution in [0.25, 0.3) is 0 Å². The molecule has 0 bridgehead atoms. The van der Waals surface area contributed by atoms with E-state index in [0.29, 0.717) is 34.7 Å². The molecule has 0 spiro atoms. The van der Waals surface area contributed by atoms with Crippen molar-refractivity contribution in [1.29, 1.82) is 0 Å². The van der Waals surface area contributed by atoms with E-state index < -0.39 is 5.41 Å². The molecular formula is C18H15Cl2NO3. The predicted octanol–water partition coefficient (Wildman–Crippen LogP) is 4.43. The summed E-state index contributed by atoms with van der Waals surface area (Å²) >= 11 is 12.0. The molecule has 1 aliphatic carbocycles. The third kappa shape index (κ3) is 2.80. The Morgan fingerprint density at radius 3 is 2.29 bits per heavy atom. The van der Waals surface area contributed by atoms with Gasteiger partial charge in [-0.25, -0.2) is 0 Å². The molecule has 1 heterocycles. The Labute approximate surface area is 149 Å². The smallest absolute Gasteiger partial charge is 0.235 e. The summed E-state index contributed by atoms with van der Waals surface area (Å²) in [6.07, 6.45) is 1.60. The van der Waals surface area contributed by atoms with E-state index in [4.69, 9.17) is 32.7 Å². The van der Waals surface area contributed by atoms with Crippen LogP contribution in [0.15, 0.2) is 36.4 Å². The first-order valence-electron chi connectivity index (χ1n) is 7.74. The highest BCUT2D eigenvalue weighted by Gasteiger charge is 2.51. The van der Waals surface area contributed by atoms with Gasteiger partial charge in [-0.2, -0.15) is 0 Å². The van der Waals surface area contributed by atoms with E-state index in [0.717, 1.165) is 24.2 Å². The van der Waals surface area contributed by atoms with Crippen molar-refractivity contribution in [1.82, 2.24) is 0 Å². The average molecular weight is 364 g/mol. The lowest BCUT2D eigenvalue weighted by Crippen LogP contribution is -2.28. The normalized spacial score (nSPS) is 17.2. The molecule has 2 aromatic carbocycles. The number of ether oxygens (including phenoxy) is 2. The Morgan fingerprint density at radius 2 is 1.62 bits per heavy atom. The van der Waals surface area contributed by atoms with E-state index >= 15 is 0 Å². The van der Waals surface area contributed by atoms with E-state index in [9.17, 15) is 4.79 Å². The van der Waals surface area contributed by atoms with E-state index in [1.165, 1.54) is 0 Å². The van der Waals surface area contributed by atoms with Crippen LogP contribution in [0.2, 0.25) is 10.0 Å². The molecule has 4 rings (SSSR count). The largest absolute Gasteiger partial charge is 0.486 e. The molecule has 1 saturated carbocycles. The molecule has 24 heavy (non-hydrogen) atoms. The van der Waals surface area contributed by atoms with E-state index in [1.54, 1.807) is 18.2 Å². The first kappa shape index (κ1) is 15.6. The van der Waals surface area contributed by atoms with Gasteiger partial charge in [-0.05, 0) is 48.7 Å². The molecule has 124 valence electrons.